The monoisotopic (exact) mass is 363 g/mol. The minimum Gasteiger partial charge on any atom is -0.383 e. The summed E-state index contributed by atoms with van der Waals surface area (Å²) in [4.78, 5) is 28.4. The lowest BCUT2D eigenvalue weighted by molar-refractivity contribution is -0.129. The highest BCUT2D eigenvalue weighted by Crippen LogP contribution is 2.25. The zero-order valence-corrected chi connectivity index (χ0v) is 15.8. The molecule has 1 aromatic rings. The Morgan fingerprint density at radius 1 is 1.23 bits per heavy atom. The Kier molecular flexibility index (Phi) is 7.87. The number of ether oxygens (including phenoxy) is 2. The number of likely N-dealkylation sites (tertiary alicyclic amines) is 1. The van der Waals surface area contributed by atoms with Crippen LogP contribution in [0.1, 0.15) is 24.9 Å². The van der Waals surface area contributed by atoms with Crippen molar-refractivity contribution in [3.05, 3.63) is 35.9 Å². The van der Waals surface area contributed by atoms with E-state index < -0.39 is 0 Å². The summed E-state index contributed by atoms with van der Waals surface area (Å²) in [6.45, 7) is 4.41. The Morgan fingerprint density at radius 2 is 1.85 bits per heavy atom. The van der Waals surface area contributed by atoms with Crippen LogP contribution in [-0.4, -0.2) is 74.8 Å². The van der Waals surface area contributed by atoms with Crippen molar-refractivity contribution in [1.82, 2.24) is 15.1 Å². The van der Waals surface area contributed by atoms with E-state index in [1.807, 2.05) is 42.2 Å². The summed E-state index contributed by atoms with van der Waals surface area (Å²) < 4.78 is 10.1. The lowest BCUT2D eigenvalue weighted by Gasteiger charge is -2.27. The van der Waals surface area contributed by atoms with Crippen LogP contribution in [0.3, 0.4) is 0 Å². The van der Waals surface area contributed by atoms with Crippen LogP contribution in [0.2, 0.25) is 0 Å². The molecule has 1 aliphatic heterocycles. The maximum Gasteiger partial charge on any atom is 0.317 e. The first kappa shape index (κ1) is 20.2. The number of methoxy groups -OCH3 is 2. The van der Waals surface area contributed by atoms with Crippen molar-refractivity contribution < 1.29 is 19.1 Å². The fourth-order valence-corrected chi connectivity index (χ4v) is 3.10. The zero-order valence-electron chi connectivity index (χ0n) is 15.8. The molecular weight excluding hydrogens is 334 g/mol. The van der Waals surface area contributed by atoms with Gasteiger partial charge in [-0.2, -0.15) is 0 Å². The first-order valence-electron chi connectivity index (χ1n) is 8.94. The van der Waals surface area contributed by atoms with Crippen LogP contribution in [0, 0.1) is 0 Å². The van der Waals surface area contributed by atoms with Gasteiger partial charge in [-0.3, -0.25) is 4.79 Å². The van der Waals surface area contributed by atoms with Crippen molar-refractivity contribution in [3.8, 4) is 0 Å². The Balaban J connectivity index is 1.93. The number of rotatable bonds is 9. The smallest absolute Gasteiger partial charge is 0.317 e. The van der Waals surface area contributed by atoms with E-state index in [-0.39, 0.29) is 24.0 Å². The van der Waals surface area contributed by atoms with Gasteiger partial charge in [0.15, 0.2) is 0 Å². The fourth-order valence-electron chi connectivity index (χ4n) is 3.10. The van der Waals surface area contributed by atoms with Gasteiger partial charge in [0.25, 0.3) is 0 Å². The topological polar surface area (TPSA) is 71.1 Å². The van der Waals surface area contributed by atoms with Gasteiger partial charge in [0.05, 0.1) is 25.3 Å². The molecule has 0 aromatic heterocycles. The van der Waals surface area contributed by atoms with Gasteiger partial charge in [-0.25, -0.2) is 4.79 Å². The highest BCUT2D eigenvalue weighted by Gasteiger charge is 2.34. The predicted molar refractivity (Wildman–Crippen MR) is 98.8 cm³/mol. The Morgan fingerprint density at radius 3 is 2.42 bits per heavy atom. The van der Waals surface area contributed by atoms with Gasteiger partial charge in [0, 0.05) is 40.3 Å². The Labute approximate surface area is 155 Å². The maximum atomic E-state index is 12.5. The molecule has 7 nitrogen and oxygen atoms in total. The number of amides is 3. The molecule has 1 saturated heterocycles. The van der Waals surface area contributed by atoms with Crippen LogP contribution in [0.4, 0.5) is 4.79 Å². The summed E-state index contributed by atoms with van der Waals surface area (Å²) in [6.07, 6.45) is 0.325. The zero-order chi connectivity index (χ0) is 18.9. The SMILES string of the molecule is COCCN(CCOC)C(=O)NC1CC(=O)N(C(C)c2ccccc2)C1. The molecule has 3 amide bonds. The molecule has 1 aliphatic rings. The van der Waals surface area contributed by atoms with Gasteiger partial charge in [0.2, 0.25) is 5.91 Å². The molecular formula is C19H29N3O4. The van der Waals surface area contributed by atoms with Gasteiger partial charge in [-0.1, -0.05) is 30.3 Å². The van der Waals surface area contributed by atoms with Crippen molar-refractivity contribution >= 4 is 11.9 Å². The molecule has 26 heavy (non-hydrogen) atoms. The molecule has 0 aliphatic carbocycles. The van der Waals surface area contributed by atoms with E-state index in [1.165, 1.54) is 0 Å². The molecule has 0 spiro atoms. The standard InChI is InChI=1S/C19H29N3O4/c1-15(16-7-5-4-6-8-16)22-14-17(13-18(22)23)20-19(24)21(9-11-25-2)10-12-26-3/h4-8,15,17H,9-14H2,1-3H3,(H,20,24). The molecule has 2 rings (SSSR count). The average Bonchev–Trinajstić information content (AvgIpc) is 3.02. The van der Waals surface area contributed by atoms with E-state index >= 15 is 0 Å². The van der Waals surface area contributed by atoms with Crippen molar-refractivity contribution in [2.45, 2.75) is 25.4 Å². The number of carbonyl (C=O) groups is 2. The number of hydrogen-bond acceptors (Lipinski definition) is 4. The van der Waals surface area contributed by atoms with Crippen LogP contribution < -0.4 is 5.32 Å². The molecule has 1 heterocycles. The van der Waals surface area contributed by atoms with Crippen LogP contribution in [-0.2, 0) is 14.3 Å². The summed E-state index contributed by atoms with van der Waals surface area (Å²) in [5.41, 5.74) is 1.09. The minimum absolute atomic E-state index is 0.0105. The summed E-state index contributed by atoms with van der Waals surface area (Å²) in [6, 6.07) is 9.54. The second-order valence-electron chi connectivity index (χ2n) is 6.46. The highest BCUT2D eigenvalue weighted by atomic mass is 16.5. The fraction of sp³-hybridized carbons (Fsp3) is 0.579. The first-order chi connectivity index (χ1) is 12.6. The van der Waals surface area contributed by atoms with Gasteiger partial charge in [0.1, 0.15) is 0 Å². The number of urea groups is 1. The van der Waals surface area contributed by atoms with E-state index in [2.05, 4.69) is 5.32 Å². The third kappa shape index (κ3) is 5.44. The minimum atomic E-state index is -0.189. The predicted octanol–water partition coefficient (Wildman–Crippen LogP) is 1.65. The van der Waals surface area contributed by atoms with Crippen LogP contribution >= 0.6 is 0 Å². The van der Waals surface area contributed by atoms with Gasteiger partial charge in [-0.05, 0) is 12.5 Å². The maximum absolute atomic E-state index is 12.5. The van der Waals surface area contributed by atoms with Crippen LogP contribution in [0.25, 0.3) is 0 Å². The number of nitrogens with one attached hydrogen (secondary N) is 1. The summed E-state index contributed by atoms with van der Waals surface area (Å²) >= 11 is 0. The average molecular weight is 363 g/mol. The van der Waals surface area contributed by atoms with Gasteiger partial charge in [-0.15, -0.1) is 0 Å². The number of benzene rings is 1. The quantitative estimate of drug-likeness (QED) is 0.724. The van der Waals surface area contributed by atoms with Crippen LogP contribution in [0.15, 0.2) is 30.3 Å². The van der Waals surface area contributed by atoms with Crippen molar-refractivity contribution in [2.24, 2.45) is 0 Å². The van der Waals surface area contributed by atoms with Crippen molar-refractivity contribution in [3.63, 3.8) is 0 Å². The largest absolute Gasteiger partial charge is 0.383 e. The second kappa shape index (κ2) is 10.1. The van der Waals surface area contributed by atoms with E-state index in [0.717, 1.165) is 5.56 Å². The molecule has 0 bridgehead atoms. The van der Waals surface area contributed by atoms with Gasteiger partial charge < -0.3 is 24.6 Å². The summed E-state index contributed by atoms with van der Waals surface area (Å²) in [5.74, 6) is 0.0620. The molecule has 1 aromatic carbocycles. The molecule has 1 fully saturated rings. The Hall–Kier alpha value is -2.12. The molecule has 2 atom stereocenters. The molecule has 0 saturated carbocycles. The van der Waals surface area contributed by atoms with E-state index in [4.69, 9.17) is 9.47 Å². The number of nitrogens with zero attached hydrogens (tertiary/aromatic N) is 2. The molecule has 7 heteroatoms. The molecule has 1 N–H and O–H groups in total. The first-order valence-corrected chi connectivity index (χ1v) is 8.94. The third-order valence-corrected chi connectivity index (χ3v) is 4.65. The third-order valence-electron chi connectivity index (χ3n) is 4.65. The molecule has 144 valence electrons. The number of carbonyl (C=O) groups excluding carboxylic acids is 2. The lowest BCUT2D eigenvalue weighted by atomic mass is 10.1. The summed E-state index contributed by atoms with van der Waals surface area (Å²) in [7, 11) is 3.20. The van der Waals surface area contributed by atoms with E-state index in [1.54, 1.807) is 19.1 Å². The molecule has 2 unspecified atom stereocenters. The van der Waals surface area contributed by atoms with E-state index in [9.17, 15) is 9.59 Å². The van der Waals surface area contributed by atoms with Crippen molar-refractivity contribution in [1.29, 1.82) is 0 Å². The second-order valence-corrected chi connectivity index (χ2v) is 6.46. The summed E-state index contributed by atoms with van der Waals surface area (Å²) in [5, 5.41) is 2.98. The highest BCUT2D eigenvalue weighted by molar-refractivity contribution is 5.82. The van der Waals surface area contributed by atoms with Crippen LogP contribution in [0.5, 0.6) is 0 Å². The Bertz CT molecular complexity index is 573. The number of hydrogen-bond donors (Lipinski definition) is 1. The van der Waals surface area contributed by atoms with E-state index in [0.29, 0.717) is 39.3 Å². The normalized spacial score (nSPS) is 18.0. The lowest BCUT2D eigenvalue weighted by Crippen LogP contribution is -2.48. The van der Waals surface area contributed by atoms with Crippen molar-refractivity contribution in [2.75, 3.05) is 47.1 Å². The van der Waals surface area contributed by atoms with Gasteiger partial charge >= 0.3 is 6.03 Å². The molecule has 0 radical (unpaired) electrons.